The maximum Gasteiger partial charge on any atom is 0.0358 e. The third-order valence-electron chi connectivity index (χ3n) is 6.19. The molecule has 1 aromatic heterocycles. The fourth-order valence-corrected chi connectivity index (χ4v) is 5.56. The van der Waals surface area contributed by atoms with Crippen LogP contribution in [0.4, 0.5) is 0 Å². The molecule has 2 aliphatic carbocycles. The molecule has 0 spiro atoms. The molecule has 2 N–H and O–H groups in total. The minimum Gasteiger partial charge on any atom is -0.330 e. The molecule has 0 aliphatic heterocycles. The van der Waals surface area contributed by atoms with Gasteiger partial charge in [-0.15, -0.1) is 11.3 Å². The van der Waals surface area contributed by atoms with Crippen LogP contribution in [-0.2, 0) is 5.41 Å². The first kappa shape index (κ1) is 13.8. The van der Waals surface area contributed by atoms with Crippen LogP contribution in [0.5, 0.6) is 0 Å². The predicted octanol–water partition coefficient (Wildman–Crippen LogP) is 5.33. The Morgan fingerprint density at radius 3 is 2.61 bits per heavy atom. The van der Waals surface area contributed by atoms with E-state index in [4.69, 9.17) is 5.73 Å². The Hall–Kier alpha value is -1.64. The second kappa shape index (κ2) is 4.25. The van der Waals surface area contributed by atoms with Crippen molar-refractivity contribution in [1.82, 2.24) is 0 Å². The molecule has 0 amide bonds. The van der Waals surface area contributed by atoms with Gasteiger partial charge < -0.3 is 5.73 Å². The molecule has 0 bridgehead atoms. The Balaban J connectivity index is 1.83. The zero-order valence-electron chi connectivity index (χ0n) is 13.6. The average molecular weight is 319 g/mol. The van der Waals surface area contributed by atoms with Crippen LogP contribution in [0.2, 0.25) is 0 Å². The summed E-state index contributed by atoms with van der Waals surface area (Å²) < 4.78 is 2.78. The van der Waals surface area contributed by atoms with Gasteiger partial charge in [0.25, 0.3) is 0 Å². The highest BCUT2D eigenvalue weighted by Gasteiger charge is 2.68. The average Bonchev–Trinajstić information content (AvgIpc) is 2.87. The molecule has 3 aromatic rings. The summed E-state index contributed by atoms with van der Waals surface area (Å²) in [6.45, 7) is 5.36. The van der Waals surface area contributed by atoms with E-state index in [1.54, 1.807) is 0 Å². The van der Waals surface area contributed by atoms with Crippen LogP contribution in [0.3, 0.4) is 0 Å². The molecule has 23 heavy (non-hydrogen) atoms. The molecule has 2 aliphatic rings. The van der Waals surface area contributed by atoms with Crippen LogP contribution in [0.25, 0.3) is 20.2 Å². The van der Waals surface area contributed by atoms with E-state index in [2.05, 4.69) is 62.4 Å². The molecule has 2 heteroatoms. The minimum absolute atomic E-state index is 0.281. The highest BCUT2D eigenvalue weighted by atomic mass is 32.1. The van der Waals surface area contributed by atoms with Gasteiger partial charge in [0.1, 0.15) is 0 Å². The van der Waals surface area contributed by atoms with Crippen molar-refractivity contribution in [3.05, 3.63) is 59.7 Å². The largest absolute Gasteiger partial charge is 0.330 e. The van der Waals surface area contributed by atoms with Crippen molar-refractivity contribution in [2.24, 2.45) is 11.1 Å². The molecule has 0 radical (unpaired) electrons. The van der Waals surface area contributed by atoms with Crippen molar-refractivity contribution in [3.63, 3.8) is 0 Å². The molecule has 3 atom stereocenters. The quantitative estimate of drug-likeness (QED) is 0.648. The third-order valence-corrected chi connectivity index (χ3v) is 7.32. The van der Waals surface area contributed by atoms with Crippen LogP contribution < -0.4 is 5.73 Å². The lowest BCUT2D eigenvalue weighted by Crippen LogP contribution is -2.23. The van der Waals surface area contributed by atoms with Crippen LogP contribution in [0.1, 0.15) is 37.3 Å². The van der Waals surface area contributed by atoms with E-state index in [1.165, 1.54) is 37.7 Å². The summed E-state index contributed by atoms with van der Waals surface area (Å²) >= 11 is 1.90. The molecule has 1 fully saturated rings. The van der Waals surface area contributed by atoms with Crippen LogP contribution in [0.15, 0.2) is 48.6 Å². The fraction of sp³-hybridized carbons (Fsp3) is 0.333. The first-order valence-electron chi connectivity index (χ1n) is 8.44. The Morgan fingerprint density at radius 1 is 1.13 bits per heavy atom. The summed E-state index contributed by atoms with van der Waals surface area (Å²) in [5.41, 5.74) is 9.67. The van der Waals surface area contributed by atoms with Gasteiger partial charge in [-0.2, -0.15) is 0 Å². The Morgan fingerprint density at radius 2 is 1.96 bits per heavy atom. The fourth-order valence-electron chi connectivity index (χ4n) is 4.42. The lowest BCUT2D eigenvalue weighted by molar-refractivity contribution is 0.568. The maximum atomic E-state index is 6.03. The van der Waals surface area contributed by atoms with Gasteiger partial charge in [-0.3, -0.25) is 0 Å². The third kappa shape index (κ3) is 1.61. The topological polar surface area (TPSA) is 26.0 Å². The molecule has 2 aromatic carbocycles. The first-order chi connectivity index (χ1) is 11.1. The molecule has 1 saturated carbocycles. The first-order valence-corrected chi connectivity index (χ1v) is 9.26. The van der Waals surface area contributed by atoms with E-state index >= 15 is 0 Å². The number of rotatable bonds is 3. The van der Waals surface area contributed by atoms with Gasteiger partial charge in [0.15, 0.2) is 0 Å². The molecular formula is C21H21NS. The van der Waals surface area contributed by atoms with Gasteiger partial charge in [0.05, 0.1) is 0 Å². The SMILES string of the molecule is CC(CN)c1cc2sc3ccccc3c2cc1[C@]12C=CC1(C)C2. The van der Waals surface area contributed by atoms with Gasteiger partial charge in [-0.1, -0.05) is 44.2 Å². The van der Waals surface area contributed by atoms with E-state index in [-0.39, 0.29) is 5.41 Å². The Kier molecular flexibility index (Phi) is 2.55. The number of benzene rings is 2. The normalized spacial score (nSPS) is 29.5. The van der Waals surface area contributed by atoms with Crippen molar-refractivity contribution in [1.29, 1.82) is 0 Å². The number of hydrogen-bond acceptors (Lipinski definition) is 2. The maximum absolute atomic E-state index is 6.03. The molecule has 2 unspecified atom stereocenters. The van der Waals surface area contributed by atoms with Crippen molar-refractivity contribution in [3.8, 4) is 0 Å². The second-order valence-electron chi connectivity index (χ2n) is 7.57. The highest BCUT2D eigenvalue weighted by molar-refractivity contribution is 7.25. The molecule has 5 rings (SSSR count). The standard InChI is InChI=1S/C21H21NS/c1-13(11-22)15-10-19-16(14-5-3-4-6-18(14)23-19)9-17(15)21-8-7-20(21,2)12-21/h3-10,13H,11-12,22H2,1-2H3/t13?,20?,21-/m1/s1. The van der Waals surface area contributed by atoms with Crippen LogP contribution in [-0.4, -0.2) is 6.54 Å². The lowest BCUT2D eigenvalue weighted by atomic mass is 9.74. The van der Waals surface area contributed by atoms with Gasteiger partial charge in [0, 0.05) is 25.6 Å². The van der Waals surface area contributed by atoms with Gasteiger partial charge in [-0.25, -0.2) is 0 Å². The second-order valence-corrected chi connectivity index (χ2v) is 8.65. The van der Waals surface area contributed by atoms with Gasteiger partial charge >= 0.3 is 0 Å². The number of hydrogen-bond donors (Lipinski definition) is 1. The van der Waals surface area contributed by atoms with Crippen LogP contribution in [0, 0.1) is 5.41 Å². The van der Waals surface area contributed by atoms with Gasteiger partial charge in [-0.05, 0) is 53.6 Å². The molecule has 1 heterocycles. The molecule has 116 valence electrons. The summed E-state index contributed by atoms with van der Waals surface area (Å²) in [7, 11) is 0. The minimum atomic E-state index is 0.281. The zero-order valence-corrected chi connectivity index (χ0v) is 14.4. The number of nitrogens with two attached hydrogens (primary N) is 1. The lowest BCUT2D eigenvalue weighted by Gasteiger charge is -2.29. The van der Waals surface area contributed by atoms with Crippen LogP contribution >= 0.6 is 11.3 Å². The molecule has 0 saturated heterocycles. The van der Waals surface area contributed by atoms with E-state index < -0.39 is 0 Å². The smallest absolute Gasteiger partial charge is 0.0358 e. The Bertz CT molecular complexity index is 982. The van der Waals surface area contributed by atoms with E-state index in [0.717, 1.165) is 0 Å². The Labute approximate surface area is 140 Å². The van der Waals surface area contributed by atoms with Crippen molar-refractivity contribution in [2.45, 2.75) is 31.6 Å². The van der Waals surface area contributed by atoms with Crippen molar-refractivity contribution in [2.75, 3.05) is 6.54 Å². The molecular weight excluding hydrogens is 298 g/mol. The summed E-state index contributed by atoms with van der Waals surface area (Å²) in [6.07, 6.45) is 6.08. The van der Waals surface area contributed by atoms with Gasteiger partial charge in [0.2, 0.25) is 0 Å². The van der Waals surface area contributed by atoms with E-state index in [9.17, 15) is 0 Å². The summed E-state index contributed by atoms with van der Waals surface area (Å²) in [5, 5.41) is 2.81. The van der Waals surface area contributed by atoms with Crippen molar-refractivity contribution < 1.29 is 0 Å². The monoisotopic (exact) mass is 319 g/mol. The zero-order chi connectivity index (χ0) is 15.8. The molecule has 1 nitrogen and oxygen atoms in total. The highest BCUT2D eigenvalue weighted by Crippen LogP contribution is 2.73. The number of allylic oxidation sites excluding steroid dienone is 2. The van der Waals surface area contributed by atoms with Crippen molar-refractivity contribution >= 4 is 31.5 Å². The van der Waals surface area contributed by atoms with E-state index in [1.807, 2.05) is 11.3 Å². The summed E-state index contributed by atoms with van der Waals surface area (Å²) in [5.74, 6) is 0.410. The number of fused-ring (bicyclic) bond motifs is 4. The predicted molar refractivity (Wildman–Crippen MR) is 100 cm³/mol. The number of thiophene rings is 1. The summed E-state index contributed by atoms with van der Waals surface area (Å²) in [6, 6.07) is 13.7. The van der Waals surface area contributed by atoms with E-state index in [0.29, 0.717) is 17.9 Å². The summed E-state index contributed by atoms with van der Waals surface area (Å²) in [4.78, 5) is 0.